The van der Waals surface area contributed by atoms with Gasteiger partial charge in [0.05, 0.1) is 6.20 Å². The van der Waals surface area contributed by atoms with Crippen LogP contribution in [0.5, 0.6) is 0 Å². The molecule has 1 N–H and O–H groups in total. The van der Waals surface area contributed by atoms with E-state index in [0.717, 1.165) is 6.42 Å². The molecule has 2 heterocycles. The van der Waals surface area contributed by atoms with E-state index in [1.807, 2.05) is 36.4 Å². The van der Waals surface area contributed by atoms with Crippen molar-refractivity contribution in [2.45, 2.75) is 12.3 Å². The molecule has 4 rings (SSSR count). The third-order valence-corrected chi connectivity index (χ3v) is 4.53. The lowest BCUT2D eigenvalue weighted by molar-refractivity contribution is 0.0909. The largest absolute Gasteiger partial charge is 0.348 e. The summed E-state index contributed by atoms with van der Waals surface area (Å²) < 4.78 is 5.07. The van der Waals surface area contributed by atoms with Crippen molar-refractivity contribution in [1.29, 1.82) is 0 Å². The summed E-state index contributed by atoms with van der Waals surface area (Å²) in [5.41, 5.74) is 2.86. The van der Waals surface area contributed by atoms with Crippen LogP contribution in [0, 0.1) is 0 Å². The Balaban J connectivity index is 1.41. The number of benzene rings is 2. The zero-order valence-electron chi connectivity index (χ0n) is 15.6. The fourth-order valence-corrected chi connectivity index (χ4v) is 3.14. The minimum absolute atomic E-state index is 0.0957. The van der Waals surface area contributed by atoms with Gasteiger partial charge in [-0.25, -0.2) is 4.98 Å². The average Bonchev–Trinajstić information content (AvgIpc) is 3.29. The molecule has 2 aromatic heterocycles. The maximum atomic E-state index is 12.4. The molecule has 0 aliphatic carbocycles. The summed E-state index contributed by atoms with van der Waals surface area (Å²) in [6.45, 7) is 0.468. The first-order chi connectivity index (χ1) is 14.3. The van der Waals surface area contributed by atoms with E-state index in [9.17, 15) is 4.79 Å². The number of hydrogen-bond acceptors (Lipinski definition) is 6. The van der Waals surface area contributed by atoms with Gasteiger partial charge in [-0.05, 0) is 17.5 Å². The van der Waals surface area contributed by atoms with E-state index in [4.69, 9.17) is 4.52 Å². The second-order valence-corrected chi connectivity index (χ2v) is 6.43. The molecule has 0 saturated heterocycles. The predicted octanol–water partition coefficient (Wildman–Crippen LogP) is 3.48. The number of nitrogens with zero attached hydrogens (tertiary/aromatic N) is 4. The summed E-state index contributed by atoms with van der Waals surface area (Å²) >= 11 is 0. The van der Waals surface area contributed by atoms with Gasteiger partial charge in [0, 0.05) is 24.9 Å². The van der Waals surface area contributed by atoms with Crippen molar-refractivity contribution in [2.75, 3.05) is 6.54 Å². The maximum absolute atomic E-state index is 12.4. The minimum Gasteiger partial charge on any atom is -0.348 e. The Hall–Kier alpha value is -3.87. The van der Waals surface area contributed by atoms with E-state index in [1.165, 1.54) is 23.5 Å². The number of amides is 1. The topological polar surface area (TPSA) is 93.8 Å². The number of aromatic nitrogens is 4. The predicted molar refractivity (Wildman–Crippen MR) is 107 cm³/mol. The molecule has 29 heavy (non-hydrogen) atoms. The Morgan fingerprint density at radius 2 is 1.66 bits per heavy atom. The molecule has 0 saturated carbocycles. The van der Waals surface area contributed by atoms with Gasteiger partial charge < -0.3 is 9.84 Å². The van der Waals surface area contributed by atoms with Gasteiger partial charge >= 0.3 is 11.8 Å². The van der Waals surface area contributed by atoms with Crippen LogP contribution in [0.4, 0.5) is 0 Å². The van der Waals surface area contributed by atoms with Gasteiger partial charge in [-0.3, -0.25) is 9.78 Å². The fraction of sp³-hybridized carbons (Fsp3) is 0.136. The normalized spacial score (nSPS) is 10.8. The van der Waals surface area contributed by atoms with Crippen LogP contribution in [0.1, 0.15) is 34.2 Å². The minimum atomic E-state index is -0.410. The molecule has 0 fully saturated rings. The molecule has 0 radical (unpaired) electrons. The van der Waals surface area contributed by atoms with E-state index >= 15 is 0 Å². The lowest BCUT2D eigenvalue weighted by Crippen LogP contribution is -2.26. The zero-order chi connectivity index (χ0) is 19.9. The van der Waals surface area contributed by atoms with Crippen LogP contribution in [-0.2, 0) is 0 Å². The van der Waals surface area contributed by atoms with Crippen LogP contribution in [-0.4, -0.2) is 32.6 Å². The highest BCUT2D eigenvalue weighted by atomic mass is 16.5. The summed E-state index contributed by atoms with van der Waals surface area (Å²) in [4.78, 5) is 24.6. The van der Waals surface area contributed by atoms with Crippen molar-refractivity contribution in [3.05, 3.63) is 96.3 Å². The van der Waals surface area contributed by atoms with Crippen LogP contribution in [0.2, 0.25) is 0 Å². The third-order valence-electron chi connectivity index (χ3n) is 4.53. The van der Waals surface area contributed by atoms with E-state index in [1.54, 1.807) is 6.20 Å². The Kier molecular flexibility index (Phi) is 5.66. The second-order valence-electron chi connectivity index (χ2n) is 6.43. The first kappa shape index (κ1) is 18.5. The fourth-order valence-electron chi connectivity index (χ4n) is 3.14. The zero-order valence-corrected chi connectivity index (χ0v) is 15.6. The van der Waals surface area contributed by atoms with Crippen LogP contribution in [0.3, 0.4) is 0 Å². The van der Waals surface area contributed by atoms with Gasteiger partial charge in [0.2, 0.25) is 5.82 Å². The van der Waals surface area contributed by atoms with Gasteiger partial charge in [-0.2, -0.15) is 4.98 Å². The van der Waals surface area contributed by atoms with E-state index in [0.29, 0.717) is 12.2 Å². The molecular formula is C22H19N5O2. The molecule has 1 amide bonds. The SMILES string of the molecule is O=C(NCCC(c1ccccc1)c1ccccc1)c1nc(-c2cnccn2)no1. The van der Waals surface area contributed by atoms with Crippen LogP contribution in [0.25, 0.3) is 11.5 Å². The van der Waals surface area contributed by atoms with Gasteiger partial charge in [0.1, 0.15) is 5.69 Å². The van der Waals surface area contributed by atoms with Crippen LogP contribution in [0.15, 0.2) is 83.8 Å². The van der Waals surface area contributed by atoms with Gasteiger partial charge in [0.15, 0.2) is 0 Å². The molecular weight excluding hydrogens is 366 g/mol. The Morgan fingerprint density at radius 3 is 2.28 bits per heavy atom. The highest BCUT2D eigenvalue weighted by molar-refractivity contribution is 5.89. The van der Waals surface area contributed by atoms with Crippen LogP contribution < -0.4 is 5.32 Å². The standard InChI is InChI=1S/C22H19N5O2/c28-21(22-26-20(27-29-22)19-15-23-13-14-24-19)25-12-11-18(16-7-3-1-4-8-16)17-9-5-2-6-10-17/h1-10,13-15,18H,11-12H2,(H,25,28). The van der Waals surface area contributed by atoms with Gasteiger partial charge in [-0.15, -0.1) is 0 Å². The molecule has 0 aliphatic heterocycles. The molecule has 0 atom stereocenters. The van der Waals surface area contributed by atoms with Gasteiger partial charge in [0.25, 0.3) is 0 Å². The highest BCUT2D eigenvalue weighted by Gasteiger charge is 2.18. The quantitative estimate of drug-likeness (QED) is 0.523. The molecule has 0 spiro atoms. The number of carbonyl (C=O) groups is 1. The molecule has 0 bridgehead atoms. The molecule has 0 unspecified atom stereocenters. The molecule has 7 heteroatoms. The molecule has 4 aromatic rings. The first-order valence-corrected chi connectivity index (χ1v) is 9.29. The second kappa shape index (κ2) is 8.88. The van der Waals surface area contributed by atoms with Crippen molar-refractivity contribution in [2.24, 2.45) is 0 Å². The van der Waals surface area contributed by atoms with Crippen molar-refractivity contribution >= 4 is 5.91 Å². The van der Waals surface area contributed by atoms with Crippen molar-refractivity contribution in [3.8, 4) is 11.5 Å². The summed E-state index contributed by atoms with van der Waals surface area (Å²) in [7, 11) is 0. The number of carbonyl (C=O) groups excluding carboxylic acids is 1. The van der Waals surface area contributed by atoms with Crippen molar-refractivity contribution in [1.82, 2.24) is 25.4 Å². The van der Waals surface area contributed by atoms with E-state index in [2.05, 4.69) is 49.7 Å². The molecule has 144 valence electrons. The summed E-state index contributed by atoms with van der Waals surface area (Å²) in [5.74, 6) is -0.0978. The average molecular weight is 385 g/mol. The Bertz CT molecular complexity index is 1010. The lowest BCUT2D eigenvalue weighted by Gasteiger charge is -2.18. The summed E-state index contributed by atoms with van der Waals surface area (Å²) in [6.07, 6.45) is 5.33. The van der Waals surface area contributed by atoms with Crippen molar-refractivity contribution < 1.29 is 9.32 Å². The highest BCUT2D eigenvalue weighted by Crippen LogP contribution is 2.27. The van der Waals surface area contributed by atoms with Gasteiger partial charge in [-0.1, -0.05) is 65.8 Å². The number of nitrogens with one attached hydrogen (secondary N) is 1. The van der Waals surface area contributed by atoms with Crippen LogP contribution >= 0.6 is 0 Å². The number of rotatable bonds is 7. The number of hydrogen-bond donors (Lipinski definition) is 1. The van der Waals surface area contributed by atoms with Crippen molar-refractivity contribution in [3.63, 3.8) is 0 Å². The molecule has 2 aromatic carbocycles. The monoisotopic (exact) mass is 385 g/mol. The lowest BCUT2D eigenvalue weighted by atomic mass is 9.88. The Morgan fingerprint density at radius 1 is 0.966 bits per heavy atom. The smallest absolute Gasteiger partial charge is 0.316 e. The molecule has 7 nitrogen and oxygen atoms in total. The van der Waals surface area contributed by atoms with E-state index in [-0.39, 0.29) is 17.6 Å². The molecule has 0 aliphatic rings. The summed E-state index contributed by atoms with van der Waals surface area (Å²) in [5, 5.41) is 6.66. The third kappa shape index (κ3) is 4.52. The summed E-state index contributed by atoms with van der Waals surface area (Å²) in [6, 6.07) is 20.5. The first-order valence-electron chi connectivity index (χ1n) is 9.29. The van der Waals surface area contributed by atoms with E-state index < -0.39 is 5.91 Å². The maximum Gasteiger partial charge on any atom is 0.316 e. The Labute approximate surface area is 167 Å².